The maximum absolute atomic E-state index is 13.3. The van der Waals surface area contributed by atoms with Crippen molar-refractivity contribution in [3.8, 4) is 0 Å². The lowest BCUT2D eigenvalue weighted by atomic mass is 10.0. The van der Waals surface area contributed by atoms with E-state index in [0.717, 1.165) is 30.6 Å². The second kappa shape index (κ2) is 9.46. The zero-order valence-electron chi connectivity index (χ0n) is 14.9. The molecule has 0 aliphatic carbocycles. The van der Waals surface area contributed by atoms with Gasteiger partial charge in [-0.2, -0.15) is 0 Å². The number of ether oxygens (including phenoxy) is 1. The molecule has 0 spiro atoms. The largest absolute Gasteiger partial charge is 0.379 e. The van der Waals surface area contributed by atoms with Gasteiger partial charge in [0.25, 0.3) is 0 Å². The molecule has 1 amide bonds. The summed E-state index contributed by atoms with van der Waals surface area (Å²) in [7, 11) is 0. The third-order valence-electron chi connectivity index (χ3n) is 4.72. The molecule has 0 saturated carbocycles. The van der Waals surface area contributed by atoms with E-state index in [-0.39, 0.29) is 17.8 Å². The van der Waals surface area contributed by atoms with Crippen LogP contribution in [0, 0.1) is 5.82 Å². The van der Waals surface area contributed by atoms with Gasteiger partial charge in [0.15, 0.2) is 0 Å². The molecule has 1 atom stereocenters. The van der Waals surface area contributed by atoms with E-state index in [1.54, 1.807) is 12.1 Å². The fourth-order valence-corrected chi connectivity index (χ4v) is 3.23. The Balaban J connectivity index is 1.58. The number of carbonyl (C=O) groups is 1. The van der Waals surface area contributed by atoms with Crippen LogP contribution in [0.15, 0.2) is 54.6 Å². The molecule has 1 N–H and O–H groups in total. The zero-order chi connectivity index (χ0) is 18.2. The molecule has 1 heterocycles. The molecule has 4 nitrogen and oxygen atoms in total. The SMILES string of the molecule is O=C(CCc1ccccc1)NC[C@H](c1ccc(F)cc1)N1CCOCC1. The number of nitrogens with one attached hydrogen (secondary N) is 1. The fourth-order valence-electron chi connectivity index (χ4n) is 3.23. The van der Waals surface area contributed by atoms with Crippen molar-refractivity contribution in [2.75, 3.05) is 32.8 Å². The van der Waals surface area contributed by atoms with Crippen LogP contribution in [0.25, 0.3) is 0 Å². The smallest absolute Gasteiger partial charge is 0.220 e. The third-order valence-corrected chi connectivity index (χ3v) is 4.72. The highest BCUT2D eigenvalue weighted by Gasteiger charge is 2.23. The van der Waals surface area contributed by atoms with Gasteiger partial charge in [-0.25, -0.2) is 4.39 Å². The fraction of sp³-hybridized carbons (Fsp3) is 0.381. The molecule has 1 aliphatic rings. The van der Waals surface area contributed by atoms with Gasteiger partial charge in [-0.05, 0) is 29.7 Å². The summed E-state index contributed by atoms with van der Waals surface area (Å²) >= 11 is 0. The van der Waals surface area contributed by atoms with Gasteiger partial charge >= 0.3 is 0 Å². The lowest BCUT2D eigenvalue weighted by Crippen LogP contribution is -2.43. The average Bonchev–Trinajstić information content (AvgIpc) is 2.69. The summed E-state index contributed by atoms with van der Waals surface area (Å²) in [5.74, 6) is -0.212. The minimum absolute atomic E-state index is 0.0279. The average molecular weight is 356 g/mol. The quantitative estimate of drug-likeness (QED) is 0.829. The Morgan fingerprint density at radius 2 is 1.77 bits per heavy atom. The third kappa shape index (κ3) is 5.38. The first kappa shape index (κ1) is 18.5. The van der Waals surface area contributed by atoms with Crippen molar-refractivity contribution in [1.29, 1.82) is 0 Å². The van der Waals surface area contributed by atoms with Crippen molar-refractivity contribution >= 4 is 5.91 Å². The number of halogens is 1. The van der Waals surface area contributed by atoms with Crippen LogP contribution < -0.4 is 5.32 Å². The van der Waals surface area contributed by atoms with E-state index in [9.17, 15) is 9.18 Å². The van der Waals surface area contributed by atoms with E-state index < -0.39 is 0 Å². The standard InChI is InChI=1S/C21H25FN2O2/c22-19-9-7-18(8-10-19)20(24-12-14-26-15-13-24)16-23-21(25)11-6-17-4-2-1-3-5-17/h1-5,7-10,20H,6,11-16H2,(H,23,25)/t20-/m1/s1. The monoisotopic (exact) mass is 356 g/mol. The predicted molar refractivity (Wildman–Crippen MR) is 99.3 cm³/mol. The minimum atomic E-state index is -0.249. The van der Waals surface area contributed by atoms with E-state index in [2.05, 4.69) is 10.2 Å². The summed E-state index contributed by atoms with van der Waals surface area (Å²) in [6, 6.07) is 16.6. The number of aryl methyl sites for hydroxylation is 1. The van der Waals surface area contributed by atoms with Crippen LogP contribution in [0.5, 0.6) is 0 Å². The van der Waals surface area contributed by atoms with Crippen LogP contribution in [0.1, 0.15) is 23.6 Å². The van der Waals surface area contributed by atoms with Gasteiger partial charge < -0.3 is 10.1 Å². The molecule has 2 aromatic rings. The summed E-state index contributed by atoms with van der Waals surface area (Å²) < 4.78 is 18.7. The van der Waals surface area contributed by atoms with Gasteiger partial charge in [-0.15, -0.1) is 0 Å². The van der Waals surface area contributed by atoms with Gasteiger partial charge in [-0.3, -0.25) is 9.69 Å². The molecule has 26 heavy (non-hydrogen) atoms. The molecule has 1 saturated heterocycles. The summed E-state index contributed by atoms with van der Waals surface area (Å²) in [5, 5.41) is 3.05. The molecule has 3 rings (SSSR count). The van der Waals surface area contributed by atoms with Gasteiger partial charge in [0, 0.05) is 26.1 Å². The highest BCUT2D eigenvalue weighted by Crippen LogP contribution is 2.21. The van der Waals surface area contributed by atoms with Gasteiger partial charge in [0.05, 0.1) is 19.3 Å². The Hall–Kier alpha value is -2.24. The molecule has 138 valence electrons. The molecule has 1 aliphatic heterocycles. The van der Waals surface area contributed by atoms with Crippen molar-refractivity contribution < 1.29 is 13.9 Å². The zero-order valence-corrected chi connectivity index (χ0v) is 14.9. The number of nitrogens with zero attached hydrogens (tertiary/aromatic N) is 1. The van der Waals surface area contributed by atoms with Crippen molar-refractivity contribution in [1.82, 2.24) is 10.2 Å². The first-order chi connectivity index (χ1) is 12.7. The number of hydrogen-bond acceptors (Lipinski definition) is 3. The topological polar surface area (TPSA) is 41.6 Å². The van der Waals surface area contributed by atoms with Crippen LogP contribution in [0.2, 0.25) is 0 Å². The number of amides is 1. The lowest BCUT2D eigenvalue weighted by molar-refractivity contribution is -0.121. The van der Waals surface area contributed by atoms with Crippen LogP contribution in [-0.2, 0) is 16.0 Å². The Kier molecular flexibility index (Phi) is 6.75. The summed E-state index contributed by atoms with van der Waals surface area (Å²) in [5.41, 5.74) is 2.17. The van der Waals surface area contributed by atoms with Crippen LogP contribution in [-0.4, -0.2) is 43.7 Å². The highest BCUT2D eigenvalue weighted by atomic mass is 19.1. The maximum Gasteiger partial charge on any atom is 0.220 e. The molecule has 0 bridgehead atoms. The number of benzene rings is 2. The van der Waals surface area contributed by atoms with Crippen molar-refractivity contribution in [2.24, 2.45) is 0 Å². The van der Waals surface area contributed by atoms with Gasteiger partial charge in [0.1, 0.15) is 5.82 Å². The number of carbonyl (C=O) groups excluding carboxylic acids is 1. The second-order valence-electron chi connectivity index (χ2n) is 6.51. The molecule has 0 radical (unpaired) electrons. The lowest BCUT2D eigenvalue weighted by Gasteiger charge is -2.35. The minimum Gasteiger partial charge on any atom is -0.379 e. The van der Waals surface area contributed by atoms with E-state index >= 15 is 0 Å². The Bertz CT molecular complexity index is 685. The molecule has 2 aromatic carbocycles. The van der Waals surface area contributed by atoms with E-state index in [4.69, 9.17) is 4.74 Å². The summed E-state index contributed by atoms with van der Waals surface area (Å²) in [6.07, 6.45) is 1.19. The molecular weight excluding hydrogens is 331 g/mol. The Labute approximate surface area is 154 Å². The first-order valence-electron chi connectivity index (χ1n) is 9.10. The van der Waals surface area contributed by atoms with Crippen LogP contribution >= 0.6 is 0 Å². The molecule has 0 unspecified atom stereocenters. The molecular formula is C21H25FN2O2. The number of rotatable bonds is 7. The van der Waals surface area contributed by atoms with Gasteiger partial charge in [0.2, 0.25) is 5.91 Å². The Morgan fingerprint density at radius 3 is 2.46 bits per heavy atom. The first-order valence-corrected chi connectivity index (χ1v) is 9.10. The summed E-state index contributed by atoms with van der Waals surface area (Å²) in [4.78, 5) is 14.6. The van der Waals surface area contributed by atoms with E-state index in [1.807, 2.05) is 30.3 Å². The van der Waals surface area contributed by atoms with Crippen molar-refractivity contribution in [3.63, 3.8) is 0 Å². The normalized spacial score (nSPS) is 16.2. The number of morpholine rings is 1. The van der Waals surface area contributed by atoms with Crippen LogP contribution in [0.4, 0.5) is 4.39 Å². The predicted octanol–water partition coefficient (Wildman–Crippen LogP) is 2.95. The molecule has 0 aromatic heterocycles. The van der Waals surface area contributed by atoms with E-state index in [0.29, 0.717) is 26.2 Å². The molecule has 5 heteroatoms. The number of hydrogen-bond donors (Lipinski definition) is 1. The molecule has 1 fully saturated rings. The maximum atomic E-state index is 13.3. The van der Waals surface area contributed by atoms with Gasteiger partial charge in [-0.1, -0.05) is 42.5 Å². The van der Waals surface area contributed by atoms with Crippen molar-refractivity contribution in [3.05, 3.63) is 71.5 Å². The second-order valence-corrected chi connectivity index (χ2v) is 6.51. The van der Waals surface area contributed by atoms with Crippen LogP contribution in [0.3, 0.4) is 0 Å². The highest BCUT2D eigenvalue weighted by molar-refractivity contribution is 5.76. The van der Waals surface area contributed by atoms with E-state index in [1.165, 1.54) is 12.1 Å². The summed E-state index contributed by atoms with van der Waals surface area (Å²) in [6.45, 7) is 3.49. The Morgan fingerprint density at radius 1 is 1.08 bits per heavy atom. The van der Waals surface area contributed by atoms with Crippen molar-refractivity contribution in [2.45, 2.75) is 18.9 Å².